The lowest BCUT2D eigenvalue weighted by Gasteiger charge is -2.47. The molecule has 2 aliphatic rings. The van der Waals surface area contributed by atoms with Gasteiger partial charge in [-0.3, -0.25) is 4.79 Å². The molecular weight excluding hydrogens is 438 g/mol. The summed E-state index contributed by atoms with van der Waals surface area (Å²) in [5.74, 6) is 0.354. The fraction of sp³-hybridized carbons (Fsp3) is 0.385. The molecule has 1 amide bonds. The van der Waals surface area contributed by atoms with Crippen molar-refractivity contribution in [3.8, 4) is 0 Å². The van der Waals surface area contributed by atoms with Gasteiger partial charge in [0.25, 0.3) is 5.91 Å². The number of hydrogen-bond acceptors (Lipinski definition) is 4. The van der Waals surface area contributed by atoms with Gasteiger partial charge in [-0.25, -0.2) is 4.99 Å². The molecule has 4 rings (SSSR count). The standard InChI is InChI=1S/C26H30ClN3OS/c1-6-11-30-22-10-8-18(12-20(22)17(3)15-26(30,4)5)13-23-24(31)29-25(32-23)28-21-14-19(27)9-7-16(21)2/h7-10,12-14,17H,6,11,15H2,1-5H3,(H,28,29,31)/b23-13+. The molecule has 6 heteroatoms. The summed E-state index contributed by atoms with van der Waals surface area (Å²) < 4.78 is 0. The summed E-state index contributed by atoms with van der Waals surface area (Å²) in [5, 5.41) is 4.09. The van der Waals surface area contributed by atoms with Gasteiger partial charge < -0.3 is 10.2 Å². The van der Waals surface area contributed by atoms with Crippen molar-refractivity contribution in [3.63, 3.8) is 0 Å². The number of nitrogens with one attached hydrogen (secondary N) is 1. The number of nitrogens with zero attached hydrogens (tertiary/aromatic N) is 2. The van der Waals surface area contributed by atoms with Gasteiger partial charge in [-0.15, -0.1) is 0 Å². The molecule has 0 radical (unpaired) electrons. The molecule has 1 atom stereocenters. The van der Waals surface area contributed by atoms with Crippen LogP contribution in [0.2, 0.25) is 5.02 Å². The highest BCUT2D eigenvalue weighted by molar-refractivity contribution is 8.18. The number of carbonyl (C=O) groups is 1. The Morgan fingerprint density at radius 1 is 1.28 bits per heavy atom. The third kappa shape index (κ3) is 4.60. The molecule has 4 nitrogen and oxygen atoms in total. The summed E-state index contributed by atoms with van der Waals surface area (Å²) >= 11 is 7.47. The SMILES string of the molecule is CCCN1c2ccc(/C=C3/SC(=Nc4cc(Cl)ccc4C)NC3=O)cc2C(C)CC1(C)C. The van der Waals surface area contributed by atoms with Gasteiger partial charge in [-0.1, -0.05) is 37.6 Å². The fourth-order valence-electron chi connectivity index (χ4n) is 4.69. The highest BCUT2D eigenvalue weighted by Crippen LogP contribution is 2.44. The predicted octanol–water partition coefficient (Wildman–Crippen LogP) is 7.04. The molecular formula is C26H30ClN3OS. The van der Waals surface area contributed by atoms with Gasteiger partial charge >= 0.3 is 0 Å². The Morgan fingerprint density at radius 3 is 2.81 bits per heavy atom. The summed E-state index contributed by atoms with van der Waals surface area (Å²) in [4.78, 5) is 20.4. The zero-order chi connectivity index (χ0) is 23.0. The number of aryl methyl sites for hydroxylation is 1. The first-order chi connectivity index (χ1) is 15.2. The van der Waals surface area contributed by atoms with E-state index in [1.54, 1.807) is 0 Å². The zero-order valence-electron chi connectivity index (χ0n) is 19.3. The van der Waals surface area contributed by atoms with Crippen molar-refractivity contribution in [2.75, 3.05) is 11.4 Å². The number of amidine groups is 1. The molecule has 0 spiro atoms. The Morgan fingerprint density at radius 2 is 2.06 bits per heavy atom. The second kappa shape index (κ2) is 8.95. The van der Waals surface area contributed by atoms with Crippen molar-refractivity contribution in [3.05, 3.63) is 63.0 Å². The van der Waals surface area contributed by atoms with Crippen LogP contribution in [0.4, 0.5) is 11.4 Å². The van der Waals surface area contributed by atoms with Crippen LogP contribution < -0.4 is 10.2 Å². The second-order valence-corrected chi connectivity index (χ2v) is 10.8. The number of anilines is 1. The topological polar surface area (TPSA) is 44.7 Å². The summed E-state index contributed by atoms with van der Waals surface area (Å²) in [7, 11) is 0. The van der Waals surface area contributed by atoms with E-state index >= 15 is 0 Å². The summed E-state index contributed by atoms with van der Waals surface area (Å²) in [6.45, 7) is 12.2. The number of fused-ring (bicyclic) bond motifs is 1. The van der Waals surface area contributed by atoms with Gasteiger partial charge in [0, 0.05) is 22.8 Å². The van der Waals surface area contributed by atoms with Crippen LogP contribution in [0.25, 0.3) is 6.08 Å². The number of thioether (sulfide) groups is 1. The Kier molecular flexibility index (Phi) is 6.42. The fourth-order valence-corrected chi connectivity index (χ4v) is 5.69. The van der Waals surface area contributed by atoms with E-state index in [1.165, 1.54) is 23.0 Å². The van der Waals surface area contributed by atoms with Gasteiger partial charge in [0.05, 0.1) is 10.6 Å². The number of carbonyl (C=O) groups excluding carboxylic acids is 1. The van der Waals surface area contributed by atoms with Crippen molar-refractivity contribution < 1.29 is 4.79 Å². The highest BCUT2D eigenvalue weighted by atomic mass is 35.5. The summed E-state index contributed by atoms with van der Waals surface area (Å²) in [6.07, 6.45) is 4.20. The van der Waals surface area contributed by atoms with Gasteiger partial charge in [0.1, 0.15) is 0 Å². The largest absolute Gasteiger partial charge is 0.366 e. The highest BCUT2D eigenvalue weighted by Gasteiger charge is 2.35. The van der Waals surface area contributed by atoms with Crippen LogP contribution in [0.1, 0.15) is 63.1 Å². The number of hydrogen-bond donors (Lipinski definition) is 1. The van der Waals surface area contributed by atoms with Crippen molar-refractivity contribution in [1.29, 1.82) is 0 Å². The first-order valence-corrected chi connectivity index (χ1v) is 12.3. The van der Waals surface area contributed by atoms with Gasteiger partial charge in [0.15, 0.2) is 5.17 Å². The minimum absolute atomic E-state index is 0.118. The Balaban J connectivity index is 1.62. The van der Waals surface area contributed by atoms with Crippen molar-refractivity contribution in [1.82, 2.24) is 5.32 Å². The number of aliphatic imine (C=N–C) groups is 1. The molecule has 2 aliphatic heterocycles. The van der Waals surface area contributed by atoms with Crippen LogP contribution >= 0.6 is 23.4 Å². The zero-order valence-corrected chi connectivity index (χ0v) is 20.9. The van der Waals surface area contributed by atoms with Crippen LogP contribution in [0.15, 0.2) is 46.3 Å². The first-order valence-electron chi connectivity index (χ1n) is 11.2. The Labute approximate surface area is 200 Å². The van der Waals surface area contributed by atoms with Crippen molar-refractivity contribution in [2.24, 2.45) is 4.99 Å². The van der Waals surface area contributed by atoms with Crippen LogP contribution in [0.3, 0.4) is 0 Å². The van der Waals surface area contributed by atoms with Gasteiger partial charge in [-0.2, -0.15) is 0 Å². The molecule has 0 aliphatic carbocycles. The van der Waals surface area contributed by atoms with E-state index in [4.69, 9.17) is 11.6 Å². The molecule has 0 aromatic heterocycles. The molecule has 2 aromatic rings. The van der Waals surface area contributed by atoms with E-state index in [0.717, 1.165) is 36.2 Å². The lowest BCUT2D eigenvalue weighted by atomic mass is 9.79. The first kappa shape index (κ1) is 22.9. The Hall–Kier alpha value is -2.24. The monoisotopic (exact) mass is 467 g/mol. The summed E-state index contributed by atoms with van der Waals surface area (Å²) in [6, 6.07) is 12.2. The number of benzene rings is 2. The average Bonchev–Trinajstić information content (AvgIpc) is 3.06. The van der Waals surface area contributed by atoms with E-state index in [-0.39, 0.29) is 11.4 Å². The minimum Gasteiger partial charge on any atom is -0.366 e. The molecule has 0 saturated carbocycles. The molecule has 1 N–H and O–H groups in total. The van der Waals surface area contributed by atoms with Crippen LogP contribution in [0.5, 0.6) is 0 Å². The van der Waals surface area contributed by atoms with Crippen molar-refractivity contribution in [2.45, 2.75) is 58.9 Å². The minimum atomic E-state index is -0.118. The molecule has 2 aromatic carbocycles. The maximum Gasteiger partial charge on any atom is 0.264 e. The third-order valence-electron chi connectivity index (χ3n) is 6.20. The van der Waals surface area contributed by atoms with E-state index in [9.17, 15) is 4.79 Å². The van der Waals surface area contributed by atoms with E-state index in [1.807, 2.05) is 31.2 Å². The van der Waals surface area contributed by atoms with Crippen LogP contribution in [-0.2, 0) is 4.79 Å². The van der Waals surface area contributed by atoms with E-state index < -0.39 is 0 Å². The maximum atomic E-state index is 12.6. The smallest absolute Gasteiger partial charge is 0.264 e. The Bertz CT molecular complexity index is 1120. The lowest BCUT2D eigenvalue weighted by Crippen LogP contribution is -2.48. The van der Waals surface area contributed by atoms with E-state index in [0.29, 0.717) is 21.0 Å². The number of amides is 1. The van der Waals surface area contributed by atoms with E-state index in [2.05, 4.69) is 61.1 Å². The predicted molar refractivity (Wildman–Crippen MR) is 138 cm³/mol. The molecule has 2 heterocycles. The van der Waals surface area contributed by atoms with Crippen LogP contribution in [0, 0.1) is 6.92 Å². The van der Waals surface area contributed by atoms with Crippen molar-refractivity contribution >= 4 is 51.9 Å². The molecule has 1 saturated heterocycles. The third-order valence-corrected chi connectivity index (χ3v) is 7.34. The molecule has 32 heavy (non-hydrogen) atoms. The average molecular weight is 468 g/mol. The molecule has 1 unspecified atom stereocenters. The van der Waals surface area contributed by atoms with Gasteiger partial charge in [-0.05, 0) is 98.3 Å². The lowest BCUT2D eigenvalue weighted by molar-refractivity contribution is -0.115. The summed E-state index contributed by atoms with van der Waals surface area (Å²) in [5.41, 5.74) is 5.65. The van der Waals surface area contributed by atoms with Gasteiger partial charge in [0.2, 0.25) is 0 Å². The van der Waals surface area contributed by atoms with Crippen LogP contribution in [-0.4, -0.2) is 23.2 Å². The number of halogens is 1. The quantitative estimate of drug-likeness (QED) is 0.490. The maximum absolute atomic E-state index is 12.6. The molecule has 0 bridgehead atoms. The number of rotatable bonds is 4. The molecule has 168 valence electrons. The normalized spacial score (nSPS) is 22.4. The second-order valence-electron chi connectivity index (χ2n) is 9.30. The molecule has 1 fully saturated rings.